The Kier molecular flexibility index (Phi) is 4.19. The average molecular weight is 221 g/mol. The summed E-state index contributed by atoms with van der Waals surface area (Å²) in [6.45, 7) is 1.22. The van der Waals surface area contributed by atoms with Gasteiger partial charge in [0.25, 0.3) is 0 Å². The molecule has 0 fully saturated rings. The summed E-state index contributed by atoms with van der Waals surface area (Å²) in [5.74, 6) is 6.01. The van der Waals surface area contributed by atoms with E-state index in [2.05, 4.69) is 23.0 Å². The van der Waals surface area contributed by atoms with Crippen molar-refractivity contribution in [3.63, 3.8) is 0 Å². The maximum absolute atomic E-state index is 5.77. The Bertz CT molecular complexity index is 339. The van der Waals surface area contributed by atoms with Gasteiger partial charge in [-0.2, -0.15) is 0 Å². The standard InChI is InChI=1S/C13H19NO2/c14-16-10-4-9-15-13-8-3-6-11-5-1-2-7-12(11)13/h3,6,8H,1-2,4-5,7,9-10,14H2. The Morgan fingerprint density at radius 2 is 2.00 bits per heavy atom. The van der Waals surface area contributed by atoms with Gasteiger partial charge in [-0.25, -0.2) is 5.90 Å². The molecule has 2 rings (SSSR count). The zero-order valence-corrected chi connectivity index (χ0v) is 9.58. The van der Waals surface area contributed by atoms with E-state index in [0.29, 0.717) is 13.2 Å². The number of nitrogens with two attached hydrogens (primary N) is 1. The lowest BCUT2D eigenvalue weighted by Gasteiger charge is -2.19. The molecule has 3 heteroatoms. The Morgan fingerprint density at radius 1 is 1.12 bits per heavy atom. The van der Waals surface area contributed by atoms with E-state index < -0.39 is 0 Å². The molecule has 2 N–H and O–H groups in total. The maximum atomic E-state index is 5.77. The highest BCUT2D eigenvalue weighted by Crippen LogP contribution is 2.29. The predicted octanol–water partition coefficient (Wildman–Crippen LogP) is 2.22. The van der Waals surface area contributed by atoms with Gasteiger partial charge in [0, 0.05) is 6.42 Å². The monoisotopic (exact) mass is 221 g/mol. The van der Waals surface area contributed by atoms with Crippen LogP contribution < -0.4 is 10.6 Å². The highest BCUT2D eigenvalue weighted by Gasteiger charge is 2.13. The molecule has 0 atom stereocenters. The van der Waals surface area contributed by atoms with Crippen LogP contribution in [0.3, 0.4) is 0 Å². The zero-order valence-electron chi connectivity index (χ0n) is 9.58. The molecular formula is C13H19NO2. The first kappa shape index (κ1) is 11.4. The molecule has 1 aromatic rings. The second-order valence-electron chi connectivity index (χ2n) is 4.17. The fourth-order valence-electron chi connectivity index (χ4n) is 2.21. The molecule has 0 unspecified atom stereocenters. The smallest absolute Gasteiger partial charge is 0.122 e. The molecule has 0 bridgehead atoms. The first-order chi connectivity index (χ1) is 7.92. The molecule has 0 saturated heterocycles. The molecule has 88 valence electrons. The van der Waals surface area contributed by atoms with Crippen LogP contribution in [-0.4, -0.2) is 13.2 Å². The van der Waals surface area contributed by atoms with Gasteiger partial charge in [-0.1, -0.05) is 12.1 Å². The van der Waals surface area contributed by atoms with Crippen LogP contribution in [0.1, 0.15) is 30.4 Å². The van der Waals surface area contributed by atoms with E-state index in [-0.39, 0.29) is 0 Å². The second kappa shape index (κ2) is 5.87. The lowest BCUT2D eigenvalue weighted by Crippen LogP contribution is -2.09. The second-order valence-corrected chi connectivity index (χ2v) is 4.17. The van der Waals surface area contributed by atoms with Gasteiger partial charge in [-0.15, -0.1) is 0 Å². The summed E-state index contributed by atoms with van der Waals surface area (Å²) in [5, 5.41) is 0. The molecule has 0 radical (unpaired) electrons. The lowest BCUT2D eigenvalue weighted by atomic mass is 9.91. The minimum Gasteiger partial charge on any atom is -0.493 e. The highest BCUT2D eigenvalue weighted by molar-refractivity contribution is 5.41. The summed E-state index contributed by atoms with van der Waals surface area (Å²) in [7, 11) is 0. The van der Waals surface area contributed by atoms with Crippen LogP contribution in [-0.2, 0) is 17.7 Å². The van der Waals surface area contributed by atoms with Crippen LogP contribution >= 0.6 is 0 Å². The van der Waals surface area contributed by atoms with Crippen LogP contribution in [0.5, 0.6) is 5.75 Å². The van der Waals surface area contributed by atoms with Gasteiger partial charge < -0.3 is 9.57 Å². The Balaban J connectivity index is 1.97. The number of rotatable bonds is 5. The van der Waals surface area contributed by atoms with Gasteiger partial charge >= 0.3 is 0 Å². The normalized spacial score (nSPS) is 14.6. The van der Waals surface area contributed by atoms with Crippen molar-refractivity contribution in [1.82, 2.24) is 0 Å². The van der Waals surface area contributed by atoms with Crippen molar-refractivity contribution >= 4 is 0 Å². The van der Waals surface area contributed by atoms with E-state index >= 15 is 0 Å². The molecule has 0 saturated carbocycles. The van der Waals surface area contributed by atoms with Gasteiger partial charge in [0.05, 0.1) is 13.2 Å². The van der Waals surface area contributed by atoms with E-state index in [0.717, 1.165) is 18.6 Å². The van der Waals surface area contributed by atoms with Crippen LogP contribution in [0.25, 0.3) is 0 Å². The summed E-state index contributed by atoms with van der Waals surface area (Å²) in [4.78, 5) is 4.51. The first-order valence-electron chi connectivity index (χ1n) is 5.97. The minimum atomic E-state index is 0.551. The number of hydrogen-bond acceptors (Lipinski definition) is 3. The predicted molar refractivity (Wildman–Crippen MR) is 63.3 cm³/mol. The van der Waals surface area contributed by atoms with E-state index in [9.17, 15) is 0 Å². The number of hydrogen-bond donors (Lipinski definition) is 1. The van der Waals surface area contributed by atoms with E-state index in [1.54, 1.807) is 0 Å². The van der Waals surface area contributed by atoms with Crippen LogP contribution in [0, 0.1) is 0 Å². The molecule has 3 nitrogen and oxygen atoms in total. The van der Waals surface area contributed by atoms with Crippen LogP contribution in [0.15, 0.2) is 18.2 Å². The topological polar surface area (TPSA) is 44.5 Å². The Hall–Kier alpha value is -1.06. The average Bonchev–Trinajstić information content (AvgIpc) is 2.35. The van der Waals surface area contributed by atoms with Gasteiger partial charge in [0.1, 0.15) is 5.75 Å². The summed E-state index contributed by atoms with van der Waals surface area (Å²) >= 11 is 0. The quantitative estimate of drug-likeness (QED) is 0.612. The fourth-order valence-corrected chi connectivity index (χ4v) is 2.21. The number of benzene rings is 1. The third kappa shape index (κ3) is 2.74. The van der Waals surface area contributed by atoms with Crippen molar-refractivity contribution in [2.75, 3.05) is 13.2 Å². The summed E-state index contributed by atoms with van der Waals surface area (Å²) in [6, 6.07) is 6.36. The molecule has 0 aromatic heterocycles. The largest absolute Gasteiger partial charge is 0.493 e. The van der Waals surface area contributed by atoms with E-state index in [4.69, 9.17) is 10.6 Å². The number of ether oxygens (including phenoxy) is 1. The zero-order chi connectivity index (χ0) is 11.2. The van der Waals surface area contributed by atoms with Crippen LogP contribution in [0.2, 0.25) is 0 Å². The van der Waals surface area contributed by atoms with Crippen molar-refractivity contribution in [2.45, 2.75) is 32.1 Å². The van der Waals surface area contributed by atoms with Crippen molar-refractivity contribution in [2.24, 2.45) is 5.90 Å². The van der Waals surface area contributed by atoms with Crippen molar-refractivity contribution in [1.29, 1.82) is 0 Å². The number of fused-ring (bicyclic) bond motifs is 1. The van der Waals surface area contributed by atoms with Crippen molar-refractivity contribution in [3.05, 3.63) is 29.3 Å². The third-order valence-corrected chi connectivity index (χ3v) is 3.02. The Morgan fingerprint density at radius 3 is 2.88 bits per heavy atom. The molecule has 1 aromatic carbocycles. The summed E-state index contributed by atoms with van der Waals surface area (Å²) in [6.07, 6.45) is 5.76. The van der Waals surface area contributed by atoms with Gasteiger partial charge in [-0.3, -0.25) is 0 Å². The van der Waals surface area contributed by atoms with Gasteiger partial charge in [0.15, 0.2) is 0 Å². The summed E-state index contributed by atoms with van der Waals surface area (Å²) < 4.78 is 5.77. The van der Waals surface area contributed by atoms with Crippen molar-refractivity contribution in [3.8, 4) is 5.75 Å². The fraction of sp³-hybridized carbons (Fsp3) is 0.538. The molecule has 0 aliphatic heterocycles. The molecule has 0 heterocycles. The summed E-state index contributed by atoms with van der Waals surface area (Å²) in [5.41, 5.74) is 2.86. The van der Waals surface area contributed by atoms with Crippen LogP contribution in [0.4, 0.5) is 0 Å². The van der Waals surface area contributed by atoms with E-state index in [1.807, 2.05) is 0 Å². The first-order valence-corrected chi connectivity index (χ1v) is 5.97. The van der Waals surface area contributed by atoms with Gasteiger partial charge in [0.2, 0.25) is 0 Å². The molecule has 16 heavy (non-hydrogen) atoms. The molecule has 0 amide bonds. The number of aryl methyl sites for hydroxylation is 1. The molecule has 1 aliphatic carbocycles. The molecule has 1 aliphatic rings. The molecular weight excluding hydrogens is 202 g/mol. The highest BCUT2D eigenvalue weighted by atomic mass is 16.6. The van der Waals surface area contributed by atoms with Gasteiger partial charge in [-0.05, 0) is 42.9 Å². The maximum Gasteiger partial charge on any atom is 0.122 e. The van der Waals surface area contributed by atoms with Crippen molar-refractivity contribution < 1.29 is 9.57 Å². The third-order valence-electron chi connectivity index (χ3n) is 3.02. The Labute approximate surface area is 96.5 Å². The SMILES string of the molecule is NOCCCOc1cccc2c1CCCC2. The lowest BCUT2D eigenvalue weighted by molar-refractivity contribution is 0.122. The minimum absolute atomic E-state index is 0.551. The molecule has 0 spiro atoms. The van der Waals surface area contributed by atoms with E-state index in [1.165, 1.54) is 30.4 Å².